The van der Waals surface area contributed by atoms with Crippen molar-refractivity contribution >= 4 is 70.2 Å². The predicted molar refractivity (Wildman–Crippen MR) is 157 cm³/mol. The summed E-state index contributed by atoms with van der Waals surface area (Å²) in [6.45, 7) is 49.9. The molecule has 7 heteroatoms. The molecule has 0 spiro atoms. The van der Waals surface area contributed by atoms with E-state index >= 15 is 0 Å². The summed E-state index contributed by atoms with van der Waals surface area (Å²) in [5.74, 6) is 0. The van der Waals surface area contributed by atoms with Gasteiger partial charge in [-0.25, -0.2) is 0 Å². The number of hydrogen-bond donors (Lipinski definition) is 0. The van der Waals surface area contributed by atoms with E-state index in [4.69, 9.17) is 0 Å². The zero-order chi connectivity index (χ0) is 23.3. The molecule has 170 valence electrons. The van der Waals surface area contributed by atoms with Gasteiger partial charge in [-0.2, -0.15) is 0 Å². The Hall–Kier alpha value is 2.18. The van der Waals surface area contributed by atoms with E-state index in [-0.39, 0.29) is 0 Å². The van der Waals surface area contributed by atoms with E-state index in [1.807, 2.05) is 0 Å². The third-order valence-corrected chi connectivity index (χ3v) is 108. The third-order valence-electron chi connectivity index (χ3n) is 5.82. The monoisotopic (exact) mass is 686 g/mol. The van der Waals surface area contributed by atoms with Gasteiger partial charge in [0, 0.05) is 0 Å². The molecule has 0 heterocycles. The zero-order valence-electron chi connectivity index (χ0n) is 23.2. The number of hydrogen-bond acceptors (Lipinski definition) is 0. The topological polar surface area (TPSA) is 0 Å². The minimum atomic E-state index is -1.88. The molecule has 28 heavy (non-hydrogen) atoms. The molecule has 0 radical (unpaired) electrons. The first-order chi connectivity index (χ1) is 11.7. The van der Waals surface area contributed by atoms with Gasteiger partial charge in [-0.05, 0) is 0 Å². The van der Waals surface area contributed by atoms with Crippen LogP contribution in [0.3, 0.4) is 0 Å². The molecule has 0 bridgehead atoms. The Labute approximate surface area is 195 Å². The third kappa shape index (κ3) is 8.27. The molecule has 0 N–H and O–H groups in total. The molecule has 0 aromatic heterocycles. The second kappa shape index (κ2) is 9.21. The number of rotatable bonds is 9. The van der Waals surface area contributed by atoms with Crippen LogP contribution in [0.25, 0.3) is 0 Å². The van der Waals surface area contributed by atoms with Crippen molar-refractivity contribution in [3.05, 3.63) is 0 Å². The summed E-state index contributed by atoms with van der Waals surface area (Å²) in [6.07, 6.45) is 0. The fourth-order valence-electron chi connectivity index (χ4n) is 7.03. The molecule has 0 nitrogen and oxygen atoms in total. The van der Waals surface area contributed by atoms with E-state index in [9.17, 15) is 0 Å². The maximum atomic E-state index is 2.77. The van der Waals surface area contributed by atoms with Crippen molar-refractivity contribution in [2.75, 3.05) is 0 Å². The van der Waals surface area contributed by atoms with E-state index in [0.29, 0.717) is 0 Å². The molecule has 0 rings (SSSR count). The van der Waals surface area contributed by atoms with Crippen LogP contribution >= 0.6 is 0 Å². The second-order valence-corrected chi connectivity index (χ2v) is 70.8. The molecule has 0 aromatic rings. The Morgan fingerprint density at radius 2 is 0.393 bits per heavy atom. The van der Waals surface area contributed by atoms with Crippen LogP contribution < -0.4 is 0 Å². The van der Waals surface area contributed by atoms with E-state index in [2.05, 4.69) is 118 Å². The molecule has 0 aliphatic rings. The molecule has 0 aromatic carbocycles. The summed E-state index contributed by atoms with van der Waals surface area (Å²) in [4.78, 5) is 0. The van der Waals surface area contributed by atoms with Crippen LogP contribution in [-0.4, -0.2) is 70.2 Å². The Morgan fingerprint density at radius 1 is 0.286 bits per heavy atom. The van der Waals surface area contributed by atoms with E-state index < -0.39 is 70.2 Å². The summed E-state index contributed by atoms with van der Waals surface area (Å²) in [6, 6.07) is 0. The Kier molecular flexibility index (Phi) is 9.92. The molecule has 0 aliphatic carbocycles. The average Bonchev–Trinajstić information content (AvgIpc) is 2.13. The van der Waals surface area contributed by atoms with Gasteiger partial charge in [-0.1, -0.05) is 0 Å². The Balaban J connectivity index is 7.30. The molecular formula is C21H57BiSi6. The minimum absolute atomic E-state index is 1.18. The van der Waals surface area contributed by atoms with Gasteiger partial charge < -0.3 is 0 Å². The molecule has 0 atom stereocenters. The summed E-state index contributed by atoms with van der Waals surface area (Å²) in [7, 11) is -7.11. The Bertz CT molecular complexity index is 388. The van der Waals surface area contributed by atoms with Gasteiger partial charge >= 0.3 is 197 Å². The Morgan fingerprint density at radius 3 is 0.464 bits per heavy atom. The first-order valence-corrected chi connectivity index (χ1v) is 39.0. The molecule has 0 saturated heterocycles. The van der Waals surface area contributed by atoms with Crippen molar-refractivity contribution in [3.63, 3.8) is 0 Å². The van der Waals surface area contributed by atoms with Crippen molar-refractivity contribution in [2.45, 2.75) is 126 Å². The van der Waals surface area contributed by atoms with Crippen LogP contribution in [0, 0.1) is 0 Å². The van der Waals surface area contributed by atoms with Gasteiger partial charge in [0.1, 0.15) is 0 Å². The van der Waals surface area contributed by atoms with Crippen molar-refractivity contribution < 1.29 is 0 Å². The standard InChI is InChI=1S/3C7H19Si2.Bi/c3*1-8(2,3)7-9(4,5)6;/h3*7H,1-6H3;. The molecule has 0 amide bonds. The summed E-state index contributed by atoms with van der Waals surface area (Å²) in [5.41, 5.74) is 0. The van der Waals surface area contributed by atoms with Gasteiger partial charge in [-0.15, -0.1) is 0 Å². The second-order valence-electron chi connectivity index (χ2n) is 15.9. The summed E-state index contributed by atoms with van der Waals surface area (Å²) in [5, 5.41) is 0. The normalized spacial score (nSPS) is 16.1. The van der Waals surface area contributed by atoms with E-state index in [1.165, 1.54) is 8.62 Å². The van der Waals surface area contributed by atoms with Crippen LogP contribution in [0.5, 0.6) is 0 Å². The molecule has 0 saturated carbocycles. The predicted octanol–water partition coefficient (Wildman–Crippen LogP) is 8.86. The first kappa shape index (κ1) is 30.2. The van der Waals surface area contributed by atoms with Crippen molar-refractivity contribution in [2.24, 2.45) is 0 Å². The van der Waals surface area contributed by atoms with Crippen LogP contribution in [0.2, 0.25) is 126 Å². The maximum absolute atomic E-state index is 2.77. The van der Waals surface area contributed by atoms with Gasteiger partial charge in [0.2, 0.25) is 0 Å². The fourth-order valence-corrected chi connectivity index (χ4v) is 141. The average molecular weight is 687 g/mol. The van der Waals surface area contributed by atoms with Crippen molar-refractivity contribution in [1.29, 1.82) is 0 Å². The summed E-state index contributed by atoms with van der Waals surface area (Å²) < 4.78 is 3.76. The molecule has 0 unspecified atom stereocenters. The molecular weight excluding hydrogens is 630 g/mol. The molecule has 0 fully saturated rings. The quantitative estimate of drug-likeness (QED) is 0.213. The van der Waals surface area contributed by atoms with Gasteiger partial charge in [0.15, 0.2) is 0 Å². The SMILES string of the molecule is C[Si](C)(C)[CH]([Bi]([CH]([Si](C)(C)C)[Si](C)(C)C)[CH]([Si](C)(C)C)[Si](C)(C)C)[Si](C)(C)C. The van der Waals surface area contributed by atoms with Crippen molar-refractivity contribution in [1.82, 2.24) is 0 Å². The first-order valence-electron chi connectivity index (χ1n) is 11.5. The summed E-state index contributed by atoms with van der Waals surface area (Å²) >= 11 is -1.88. The fraction of sp³-hybridized carbons (Fsp3) is 1.00. The zero-order valence-corrected chi connectivity index (χ0v) is 32.7. The van der Waals surface area contributed by atoms with E-state index in [0.717, 1.165) is 0 Å². The van der Waals surface area contributed by atoms with Crippen LogP contribution in [0.15, 0.2) is 0 Å². The van der Waals surface area contributed by atoms with Gasteiger partial charge in [-0.3, -0.25) is 0 Å². The van der Waals surface area contributed by atoms with Crippen LogP contribution in [0.4, 0.5) is 0 Å². The molecule has 0 aliphatic heterocycles. The van der Waals surface area contributed by atoms with Crippen LogP contribution in [-0.2, 0) is 0 Å². The van der Waals surface area contributed by atoms with Gasteiger partial charge in [0.05, 0.1) is 0 Å². The van der Waals surface area contributed by atoms with E-state index in [1.54, 1.807) is 0 Å². The van der Waals surface area contributed by atoms with Crippen molar-refractivity contribution in [3.8, 4) is 0 Å². The van der Waals surface area contributed by atoms with Crippen LogP contribution in [0.1, 0.15) is 0 Å². The van der Waals surface area contributed by atoms with Gasteiger partial charge in [0.25, 0.3) is 0 Å².